The predicted molar refractivity (Wildman–Crippen MR) is 110 cm³/mol. The van der Waals surface area contributed by atoms with Crippen LogP contribution in [0.5, 0.6) is 0 Å². The summed E-state index contributed by atoms with van der Waals surface area (Å²) in [6, 6.07) is 10.3. The van der Waals surface area contributed by atoms with Gasteiger partial charge >= 0.3 is 0 Å². The molecule has 3 N–H and O–H groups in total. The average molecular weight is 444 g/mol. The van der Waals surface area contributed by atoms with Gasteiger partial charge in [-0.2, -0.15) is 0 Å². The molecule has 1 amide bonds. The van der Waals surface area contributed by atoms with E-state index in [1.54, 1.807) is 0 Å². The lowest BCUT2D eigenvalue weighted by atomic mass is 10.1. The maximum atomic E-state index is 12.1. The number of amides is 1. The zero-order valence-electron chi connectivity index (χ0n) is 14.6. The number of likely N-dealkylation sites (tertiary alicyclic amines) is 1. The van der Waals surface area contributed by atoms with Gasteiger partial charge in [0.05, 0.1) is 0 Å². The number of benzene rings is 1. The van der Waals surface area contributed by atoms with Crippen LogP contribution in [0.2, 0.25) is 0 Å². The van der Waals surface area contributed by atoms with E-state index in [1.165, 1.54) is 5.56 Å². The molecule has 24 heavy (non-hydrogen) atoms. The minimum absolute atomic E-state index is 0. The Morgan fingerprint density at radius 1 is 1.38 bits per heavy atom. The molecule has 1 aliphatic heterocycles. The van der Waals surface area contributed by atoms with Crippen LogP contribution in [0.4, 0.5) is 0 Å². The van der Waals surface area contributed by atoms with E-state index in [-0.39, 0.29) is 29.9 Å². The Morgan fingerprint density at radius 2 is 2.08 bits per heavy atom. The lowest BCUT2D eigenvalue weighted by molar-refractivity contribution is -0.127. The Bertz CT molecular complexity index is 533. The average Bonchev–Trinajstić information content (AvgIpc) is 2.90. The molecule has 1 aliphatic rings. The SMILES string of the molecule is CC(C)CN=C(N)NCC1CC(=O)N(CCc2ccccc2)C1.I. The molecule has 1 fully saturated rings. The lowest BCUT2D eigenvalue weighted by Gasteiger charge is -2.17. The second-order valence-corrected chi connectivity index (χ2v) is 6.65. The third kappa shape index (κ3) is 7.07. The molecule has 1 heterocycles. The maximum Gasteiger partial charge on any atom is 0.223 e. The highest BCUT2D eigenvalue weighted by molar-refractivity contribution is 14.0. The van der Waals surface area contributed by atoms with Crippen LogP contribution >= 0.6 is 24.0 Å². The summed E-state index contributed by atoms with van der Waals surface area (Å²) in [6.45, 7) is 7.24. The van der Waals surface area contributed by atoms with Gasteiger partial charge in [-0.1, -0.05) is 44.2 Å². The second-order valence-electron chi connectivity index (χ2n) is 6.65. The van der Waals surface area contributed by atoms with E-state index >= 15 is 0 Å². The minimum Gasteiger partial charge on any atom is -0.370 e. The first-order chi connectivity index (χ1) is 11.0. The molecule has 0 radical (unpaired) electrons. The molecule has 1 aromatic rings. The molecule has 1 atom stereocenters. The Morgan fingerprint density at radius 3 is 2.75 bits per heavy atom. The summed E-state index contributed by atoms with van der Waals surface area (Å²) < 4.78 is 0. The molecule has 0 aromatic heterocycles. The number of hydrogen-bond acceptors (Lipinski definition) is 2. The molecule has 0 bridgehead atoms. The Balaban J connectivity index is 0.00000288. The van der Waals surface area contributed by atoms with Gasteiger partial charge in [-0.15, -0.1) is 24.0 Å². The molecule has 0 saturated carbocycles. The summed E-state index contributed by atoms with van der Waals surface area (Å²) in [7, 11) is 0. The van der Waals surface area contributed by atoms with Crippen molar-refractivity contribution in [3.05, 3.63) is 35.9 Å². The van der Waals surface area contributed by atoms with Gasteiger partial charge in [0.25, 0.3) is 0 Å². The molecule has 2 rings (SSSR count). The fourth-order valence-corrected chi connectivity index (χ4v) is 2.70. The second kappa shape index (κ2) is 10.5. The predicted octanol–water partition coefficient (Wildman–Crippen LogP) is 2.26. The summed E-state index contributed by atoms with van der Waals surface area (Å²) in [5.74, 6) is 1.53. The first-order valence-corrected chi connectivity index (χ1v) is 8.40. The largest absolute Gasteiger partial charge is 0.370 e. The number of nitrogens with one attached hydrogen (secondary N) is 1. The van der Waals surface area contributed by atoms with Crippen LogP contribution in [-0.4, -0.2) is 42.9 Å². The fraction of sp³-hybridized carbons (Fsp3) is 0.556. The Kier molecular flexibility index (Phi) is 9.10. The number of guanidine groups is 1. The number of hydrogen-bond donors (Lipinski definition) is 2. The van der Waals surface area contributed by atoms with Crippen molar-refractivity contribution >= 4 is 35.8 Å². The molecule has 1 saturated heterocycles. The quantitative estimate of drug-likeness (QED) is 0.385. The van der Waals surface area contributed by atoms with E-state index in [0.717, 1.165) is 26.1 Å². The lowest BCUT2D eigenvalue weighted by Crippen LogP contribution is -2.36. The third-order valence-corrected chi connectivity index (χ3v) is 4.01. The zero-order valence-corrected chi connectivity index (χ0v) is 16.9. The molecule has 0 spiro atoms. The maximum absolute atomic E-state index is 12.1. The molecule has 1 aromatic carbocycles. The van der Waals surface area contributed by atoms with E-state index < -0.39 is 0 Å². The van der Waals surface area contributed by atoms with Crippen LogP contribution in [0.1, 0.15) is 25.8 Å². The molecule has 134 valence electrons. The van der Waals surface area contributed by atoms with Crippen molar-refractivity contribution in [2.24, 2.45) is 22.6 Å². The molecular formula is C18H29IN4O. The van der Waals surface area contributed by atoms with E-state index in [4.69, 9.17) is 5.73 Å². The highest BCUT2D eigenvalue weighted by Gasteiger charge is 2.28. The zero-order chi connectivity index (χ0) is 16.7. The highest BCUT2D eigenvalue weighted by Crippen LogP contribution is 2.17. The number of carbonyl (C=O) groups excluding carboxylic acids is 1. The number of carbonyl (C=O) groups is 1. The third-order valence-electron chi connectivity index (χ3n) is 4.01. The smallest absolute Gasteiger partial charge is 0.223 e. The molecule has 0 aliphatic carbocycles. The number of nitrogens with zero attached hydrogens (tertiary/aromatic N) is 2. The number of nitrogens with two attached hydrogens (primary N) is 1. The van der Waals surface area contributed by atoms with Gasteiger partial charge in [0, 0.05) is 38.5 Å². The van der Waals surface area contributed by atoms with Crippen LogP contribution in [0.15, 0.2) is 35.3 Å². The number of halogens is 1. The van der Waals surface area contributed by atoms with Gasteiger partial charge in [-0.3, -0.25) is 9.79 Å². The van der Waals surface area contributed by atoms with E-state index in [1.807, 2.05) is 23.1 Å². The summed E-state index contributed by atoms with van der Waals surface area (Å²) >= 11 is 0. The van der Waals surface area contributed by atoms with Crippen molar-refractivity contribution in [2.75, 3.05) is 26.2 Å². The van der Waals surface area contributed by atoms with E-state index in [9.17, 15) is 4.79 Å². The van der Waals surface area contributed by atoms with Crippen molar-refractivity contribution in [2.45, 2.75) is 26.7 Å². The molecular weight excluding hydrogens is 415 g/mol. The fourth-order valence-electron chi connectivity index (χ4n) is 2.70. The topological polar surface area (TPSA) is 70.7 Å². The van der Waals surface area contributed by atoms with Crippen LogP contribution < -0.4 is 11.1 Å². The first kappa shape index (κ1) is 20.7. The Labute approximate surface area is 162 Å². The van der Waals surface area contributed by atoms with Gasteiger partial charge in [0.15, 0.2) is 5.96 Å². The van der Waals surface area contributed by atoms with Gasteiger partial charge in [0.1, 0.15) is 0 Å². The first-order valence-electron chi connectivity index (χ1n) is 8.40. The van der Waals surface area contributed by atoms with Gasteiger partial charge in [-0.25, -0.2) is 0 Å². The highest BCUT2D eigenvalue weighted by atomic mass is 127. The summed E-state index contributed by atoms with van der Waals surface area (Å²) in [5.41, 5.74) is 7.11. The molecule has 6 heteroatoms. The van der Waals surface area contributed by atoms with Gasteiger partial charge in [0.2, 0.25) is 5.91 Å². The summed E-state index contributed by atoms with van der Waals surface area (Å²) in [5, 5.41) is 3.14. The van der Waals surface area contributed by atoms with Crippen molar-refractivity contribution in [3.8, 4) is 0 Å². The monoisotopic (exact) mass is 444 g/mol. The standard InChI is InChI=1S/C18H28N4O.HI/c1-14(2)11-20-18(19)21-12-16-10-17(23)22(13-16)9-8-15-6-4-3-5-7-15;/h3-7,14,16H,8-13H2,1-2H3,(H3,19,20,21);1H. The molecule has 5 nitrogen and oxygen atoms in total. The van der Waals surface area contributed by atoms with E-state index in [2.05, 4.69) is 36.3 Å². The normalized spacial score (nSPS) is 18.0. The van der Waals surface area contributed by atoms with Crippen molar-refractivity contribution in [3.63, 3.8) is 0 Å². The van der Waals surface area contributed by atoms with Gasteiger partial charge in [-0.05, 0) is 17.9 Å². The molecule has 1 unspecified atom stereocenters. The van der Waals surface area contributed by atoms with Gasteiger partial charge < -0.3 is 16.0 Å². The van der Waals surface area contributed by atoms with Crippen LogP contribution in [0.25, 0.3) is 0 Å². The van der Waals surface area contributed by atoms with Crippen LogP contribution in [0, 0.1) is 11.8 Å². The summed E-state index contributed by atoms with van der Waals surface area (Å²) in [4.78, 5) is 18.3. The number of aliphatic imine (C=N–C) groups is 1. The minimum atomic E-state index is 0. The van der Waals surface area contributed by atoms with E-state index in [0.29, 0.717) is 30.8 Å². The van der Waals surface area contributed by atoms with Crippen LogP contribution in [0.3, 0.4) is 0 Å². The Hall–Kier alpha value is -1.31. The van der Waals surface area contributed by atoms with Crippen LogP contribution in [-0.2, 0) is 11.2 Å². The summed E-state index contributed by atoms with van der Waals surface area (Å²) in [6.07, 6.45) is 1.50. The number of rotatable bonds is 7. The van der Waals surface area contributed by atoms with Crippen molar-refractivity contribution in [1.82, 2.24) is 10.2 Å². The van der Waals surface area contributed by atoms with Crippen molar-refractivity contribution < 1.29 is 4.79 Å². The van der Waals surface area contributed by atoms with Crippen molar-refractivity contribution in [1.29, 1.82) is 0 Å².